The SMILES string of the molecule is O=[N+]([O-])c1cc(Cl)cnc1NCCC1=CCNCC1. The monoisotopic (exact) mass is 282 g/mol. The number of rotatable bonds is 5. The number of aromatic nitrogens is 1. The van der Waals surface area contributed by atoms with Gasteiger partial charge in [-0.2, -0.15) is 0 Å². The predicted molar refractivity (Wildman–Crippen MR) is 74.6 cm³/mol. The molecule has 102 valence electrons. The van der Waals surface area contributed by atoms with E-state index in [0.29, 0.717) is 6.54 Å². The zero-order valence-corrected chi connectivity index (χ0v) is 11.1. The van der Waals surface area contributed by atoms with E-state index < -0.39 is 4.92 Å². The van der Waals surface area contributed by atoms with Crippen molar-refractivity contribution in [1.29, 1.82) is 0 Å². The Morgan fingerprint density at radius 1 is 1.58 bits per heavy atom. The largest absolute Gasteiger partial charge is 0.364 e. The lowest BCUT2D eigenvalue weighted by atomic mass is 10.1. The van der Waals surface area contributed by atoms with Crippen LogP contribution in [0.1, 0.15) is 12.8 Å². The van der Waals surface area contributed by atoms with Crippen molar-refractivity contribution in [3.8, 4) is 0 Å². The Hall–Kier alpha value is -1.66. The van der Waals surface area contributed by atoms with Crippen molar-refractivity contribution in [2.45, 2.75) is 12.8 Å². The molecule has 2 N–H and O–H groups in total. The van der Waals surface area contributed by atoms with Gasteiger partial charge in [0.2, 0.25) is 5.82 Å². The average molecular weight is 283 g/mol. The van der Waals surface area contributed by atoms with Crippen LogP contribution in [-0.4, -0.2) is 29.5 Å². The van der Waals surface area contributed by atoms with Crippen LogP contribution in [-0.2, 0) is 0 Å². The summed E-state index contributed by atoms with van der Waals surface area (Å²) in [5.74, 6) is 0.268. The van der Waals surface area contributed by atoms with Crippen LogP contribution < -0.4 is 10.6 Å². The highest BCUT2D eigenvalue weighted by atomic mass is 35.5. The van der Waals surface area contributed by atoms with E-state index in [9.17, 15) is 10.1 Å². The smallest absolute Gasteiger partial charge is 0.312 e. The molecule has 19 heavy (non-hydrogen) atoms. The molecule has 0 unspecified atom stereocenters. The van der Waals surface area contributed by atoms with E-state index in [1.54, 1.807) is 0 Å². The summed E-state index contributed by atoms with van der Waals surface area (Å²) in [7, 11) is 0. The van der Waals surface area contributed by atoms with Crippen LogP contribution >= 0.6 is 11.6 Å². The first-order valence-corrected chi connectivity index (χ1v) is 6.47. The van der Waals surface area contributed by atoms with Gasteiger partial charge in [0.25, 0.3) is 0 Å². The van der Waals surface area contributed by atoms with Gasteiger partial charge in [0, 0.05) is 25.4 Å². The van der Waals surface area contributed by atoms with E-state index in [2.05, 4.69) is 21.7 Å². The molecule has 0 saturated heterocycles. The van der Waals surface area contributed by atoms with E-state index in [1.165, 1.54) is 17.8 Å². The van der Waals surface area contributed by atoms with Crippen molar-refractivity contribution in [1.82, 2.24) is 10.3 Å². The van der Waals surface area contributed by atoms with Gasteiger partial charge in [-0.3, -0.25) is 10.1 Å². The Bertz CT molecular complexity index is 505. The van der Waals surface area contributed by atoms with E-state index >= 15 is 0 Å². The Morgan fingerprint density at radius 2 is 2.42 bits per heavy atom. The molecule has 1 aliphatic heterocycles. The van der Waals surface area contributed by atoms with Crippen LogP contribution in [0, 0.1) is 10.1 Å². The minimum Gasteiger partial charge on any atom is -0.364 e. The number of nitrogens with one attached hydrogen (secondary N) is 2. The van der Waals surface area contributed by atoms with Crippen molar-refractivity contribution in [2.24, 2.45) is 0 Å². The summed E-state index contributed by atoms with van der Waals surface area (Å²) in [5.41, 5.74) is 1.27. The third kappa shape index (κ3) is 3.90. The molecule has 1 aromatic heterocycles. The van der Waals surface area contributed by atoms with Gasteiger partial charge in [-0.05, 0) is 19.4 Å². The lowest BCUT2D eigenvalue weighted by Crippen LogP contribution is -2.21. The van der Waals surface area contributed by atoms with E-state index in [-0.39, 0.29) is 16.5 Å². The molecule has 0 spiro atoms. The van der Waals surface area contributed by atoms with Crippen LogP contribution in [0.3, 0.4) is 0 Å². The molecule has 0 aliphatic carbocycles. The van der Waals surface area contributed by atoms with Gasteiger partial charge in [0.05, 0.1) is 9.95 Å². The maximum atomic E-state index is 10.9. The molecule has 2 rings (SSSR count). The number of nitrogens with zero attached hydrogens (tertiary/aromatic N) is 2. The van der Waals surface area contributed by atoms with Gasteiger partial charge in [-0.15, -0.1) is 0 Å². The Balaban J connectivity index is 1.95. The van der Waals surface area contributed by atoms with E-state index in [4.69, 9.17) is 11.6 Å². The van der Waals surface area contributed by atoms with Crippen LogP contribution in [0.5, 0.6) is 0 Å². The summed E-state index contributed by atoms with van der Waals surface area (Å²) in [4.78, 5) is 14.4. The highest BCUT2D eigenvalue weighted by Crippen LogP contribution is 2.25. The quantitative estimate of drug-likeness (QED) is 0.492. The van der Waals surface area contributed by atoms with Crippen molar-refractivity contribution in [3.05, 3.63) is 39.0 Å². The van der Waals surface area contributed by atoms with Gasteiger partial charge in [-0.25, -0.2) is 4.98 Å². The van der Waals surface area contributed by atoms with E-state index in [1.807, 2.05) is 0 Å². The summed E-state index contributed by atoms with van der Waals surface area (Å²) < 4.78 is 0. The maximum absolute atomic E-state index is 10.9. The summed E-state index contributed by atoms with van der Waals surface area (Å²) in [5, 5.41) is 17.4. The first kappa shape index (κ1) is 13.8. The molecule has 0 radical (unpaired) electrons. The topological polar surface area (TPSA) is 80.1 Å². The minimum absolute atomic E-state index is 0.0909. The number of anilines is 1. The normalized spacial score (nSPS) is 14.9. The lowest BCUT2D eigenvalue weighted by Gasteiger charge is -2.14. The molecule has 6 nitrogen and oxygen atoms in total. The van der Waals surface area contributed by atoms with Gasteiger partial charge < -0.3 is 10.6 Å². The molecular formula is C12H15ClN4O2. The maximum Gasteiger partial charge on any atom is 0.312 e. The van der Waals surface area contributed by atoms with Crippen LogP contribution in [0.15, 0.2) is 23.9 Å². The second-order valence-electron chi connectivity index (χ2n) is 4.27. The Kier molecular flexibility index (Phi) is 4.70. The fourth-order valence-electron chi connectivity index (χ4n) is 1.94. The van der Waals surface area contributed by atoms with Crippen LogP contribution in [0.2, 0.25) is 5.02 Å². The predicted octanol–water partition coefficient (Wildman–Crippen LogP) is 2.36. The number of halogens is 1. The van der Waals surface area contributed by atoms with Crippen LogP contribution in [0.4, 0.5) is 11.5 Å². The molecule has 0 bridgehead atoms. The van der Waals surface area contributed by atoms with Crippen molar-refractivity contribution in [3.63, 3.8) is 0 Å². The highest BCUT2D eigenvalue weighted by molar-refractivity contribution is 6.30. The Morgan fingerprint density at radius 3 is 3.11 bits per heavy atom. The second-order valence-corrected chi connectivity index (χ2v) is 4.71. The average Bonchev–Trinajstić information content (AvgIpc) is 2.41. The first-order chi connectivity index (χ1) is 9.16. The molecule has 2 heterocycles. The number of pyridine rings is 1. The molecule has 0 saturated carbocycles. The van der Waals surface area contributed by atoms with E-state index in [0.717, 1.165) is 25.9 Å². The fourth-order valence-corrected chi connectivity index (χ4v) is 2.09. The highest BCUT2D eigenvalue weighted by Gasteiger charge is 2.15. The molecule has 0 fully saturated rings. The molecule has 1 aliphatic rings. The standard InChI is InChI=1S/C12H15ClN4O2/c13-10-7-11(17(18)19)12(16-8-10)15-6-3-9-1-4-14-5-2-9/h1,7-8,14H,2-6H2,(H,15,16). The Labute approximate surface area is 116 Å². The molecule has 1 aromatic rings. The zero-order valence-electron chi connectivity index (χ0n) is 10.4. The molecular weight excluding hydrogens is 268 g/mol. The zero-order chi connectivity index (χ0) is 13.7. The minimum atomic E-state index is -0.481. The first-order valence-electron chi connectivity index (χ1n) is 6.09. The van der Waals surface area contributed by atoms with Crippen molar-refractivity contribution >= 4 is 23.1 Å². The number of nitro groups is 1. The summed E-state index contributed by atoms with van der Waals surface area (Å²) in [6.45, 7) is 2.52. The molecule has 7 heteroatoms. The lowest BCUT2D eigenvalue weighted by molar-refractivity contribution is -0.384. The summed E-state index contributed by atoms with van der Waals surface area (Å²) in [6, 6.07) is 1.31. The van der Waals surface area contributed by atoms with Crippen LogP contribution in [0.25, 0.3) is 0 Å². The molecule has 0 amide bonds. The van der Waals surface area contributed by atoms with Gasteiger partial charge in [0.15, 0.2) is 0 Å². The third-order valence-corrected chi connectivity index (χ3v) is 3.13. The van der Waals surface area contributed by atoms with Crippen molar-refractivity contribution < 1.29 is 4.92 Å². The number of hydrogen-bond acceptors (Lipinski definition) is 5. The van der Waals surface area contributed by atoms with Crippen molar-refractivity contribution in [2.75, 3.05) is 25.0 Å². The molecule has 0 aromatic carbocycles. The van der Waals surface area contributed by atoms with Gasteiger partial charge in [0.1, 0.15) is 0 Å². The molecule has 0 atom stereocenters. The van der Waals surface area contributed by atoms with Gasteiger partial charge in [-0.1, -0.05) is 23.3 Å². The van der Waals surface area contributed by atoms with Gasteiger partial charge >= 0.3 is 5.69 Å². The number of hydrogen-bond donors (Lipinski definition) is 2. The summed E-state index contributed by atoms with van der Waals surface area (Å²) in [6.07, 6.45) is 5.45. The summed E-state index contributed by atoms with van der Waals surface area (Å²) >= 11 is 5.71. The fraction of sp³-hybridized carbons (Fsp3) is 0.417. The second kappa shape index (κ2) is 6.49. The third-order valence-electron chi connectivity index (χ3n) is 2.93.